The van der Waals surface area contributed by atoms with Gasteiger partial charge in [0.25, 0.3) is 5.91 Å². The first-order chi connectivity index (χ1) is 13.8. The Morgan fingerprint density at radius 2 is 1.83 bits per heavy atom. The van der Waals surface area contributed by atoms with Crippen LogP contribution in [0.25, 0.3) is 0 Å². The second-order valence-electron chi connectivity index (χ2n) is 6.73. The molecular formula is C21H24N2O5S. The maximum absolute atomic E-state index is 12.6. The Balaban J connectivity index is 1.71. The van der Waals surface area contributed by atoms with Gasteiger partial charge in [-0.25, -0.2) is 8.42 Å². The lowest BCUT2D eigenvalue weighted by Gasteiger charge is -2.22. The van der Waals surface area contributed by atoms with Gasteiger partial charge in [0.05, 0.1) is 24.5 Å². The summed E-state index contributed by atoms with van der Waals surface area (Å²) in [5, 5.41) is 2.94. The summed E-state index contributed by atoms with van der Waals surface area (Å²) in [6.45, 7) is 6.65. The third kappa shape index (κ3) is 4.89. The van der Waals surface area contributed by atoms with Crippen LogP contribution >= 0.6 is 0 Å². The van der Waals surface area contributed by atoms with Gasteiger partial charge in [-0.2, -0.15) is 0 Å². The summed E-state index contributed by atoms with van der Waals surface area (Å²) in [5.74, 6) is 1.11. The number of nitrogens with one attached hydrogen (secondary N) is 1. The normalized spacial score (nSPS) is 14.0. The van der Waals surface area contributed by atoms with Gasteiger partial charge >= 0.3 is 0 Å². The third-order valence-corrected chi connectivity index (χ3v) is 5.69. The van der Waals surface area contributed by atoms with E-state index in [0.717, 1.165) is 11.8 Å². The lowest BCUT2D eigenvalue weighted by Crippen LogP contribution is -2.30. The van der Waals surface area contributed by atoms with Crippen molar-refractivity contribution in [3.8, 4) is 11.5 Å². The highest BCUT2D eigenvalue weighted by Gasteiger charge is 2.18. The van der Waals surface area contributed by atoms with Crippen LogP contribution in [0.3, 0.4) is 0 Å². The number of benzene rings is 2. The molecule has 1 N–H and O–H groups in total. The average Bonchev–Trinajstić information content (AvgIpc) is 2.71. The molecule has 0 aliphatic carbocycles. The van der Waals surface area contributed by atoms with Crippen LogP contribution in [0.15, 0.2) is 55.1 Å². The number of hydrogen-bond acceptors (Lipinski definition) is 5. The molecule has 7 nitrogen and oxygen atoms in total. The number of nitrogens with zero attached hydrogens (tertiary/aromatic N) is 1. The van der Waals surface area contributed by atoms with Crippen LogP contribution in [-0.4, -0.2) is 40.3 Å². The van der Waals surface area contributed by atoms with Crippen molar-refractivity contribution in [2.75, 3.05) is 30.3 Å². The third-order valence-electron chi connectivity index (χ3n) is 4.53. The van der Waals surface area contributed by atoms with Crippen LogP contribution in [0, 0.1) is 0 Å². The molecule has 3 rings (SSSR count). The molecule has 0 bridgehead atoms. The summed E-state index contributed by atoms with van der Waals surface area (Å²) in [6.07, 6.45) is 2.64. The molecular weight excluding hydrogens is 392 g/mol. The van der Waals surface area contributed by atoms with E-state index in [-0.39, 0.29) is 18.5 Å². The quantitative estimate of drug-likeness (QED) is 0.702. The van der Waals surface area contributed by atoms with Crippen molar-refractivity contribution < 1.29 is 22.7 Å². The van der Waals surface area contributed by atoms with Crippen molar-refractivity contribution in [3.05, 3.63) is 66.2 Å². The molecule has 0 unspecified atom stereocenters. The molecule has 0 saturated heterocycles. The molecule has 0 aromatic heterocycles. The van der Waals surface area contributed by atoms with Gasteiger partial charge in [-0.1, -0.05) is 12.1 Å². The van der Waals surface area contributed by atoms with Gasteiger partial charge < -0.3 is 14.8 Å². The maximum Gasteiger partial charge on any atom is 0.251 e. The van der Waals surface area contributed by atoms with Crippen molar-refractivity contribution in [2.24, 2.45) is 0 Å². The Morgan fingerprint density at radius 3 is 2.45 bits per heavy atom. The highest BCUT2D eigenvalue weighted by Crippen LogP contribution is 2.32. The second kappa shape index (κ2) is 8.57. The van der Waals surface area contributed by atoms with E-state index in [4.69, 9.17) is 9.47 Å². The van der Waals surface area contributed by atoms with Crippen LogP contribution in [-0.2, 0) is 10.0 Å². The molecule has 0 fully saturated rings. The second-order valence-corrected chi connectivity index (χ2v) is 8.63. The smallest absolute Gasteiger partial charge is 0.251 e. The zero-order chi connectivity index (χ0) is 21.0. The molecule has 8 heteroatoms. The molecule has 29 heavy (non-hydrogen) atoms. The van der Waals surface area contributed by atoms with Gasteiger partial charge in [0.15, 0.2) is 11.5 Å². The largest absolute Gasteiger partial charge is 0.486 e. The van der Waals surface area contributed by atoms with Gasteiger partial charge in [-0.3, -0.25) is 9.10 Å². The zero-order valence-corrected chi connectivity index (χ0v) is 17.2. The molecule has 2 aromatic carbocycles. The molecule has 154 valence electrons. The summed E-state index contributed by atoms with van der Waals surface area (Å²) in [7, 11) is -3.44. The summed E-state index contributed by atoms with van der Waals surface area (Å²) >= 11 is 0. The summed E-state index contributed by atoms with van der Waals surface area (Å²) in [5.41, 5.74) is 1.81. The monoisotopic (exact) mass is 416 g/mol. The SMILES string of the molecule is C=CCN(c1ccc(C(=O)N[C@@H](C)c2ccc3c(c2)OCCO3)cc1)S(C)(=O)=O. The van der Waals surface area contributed by atoms with Crippen molar-refractivity contribution in [3.63, 3.8) is 0 Å². The summed E-state index contributed by atoms with van der Waals surface area (Å²) < 4.78 is 36.2. The molecule has 0 saturated carbocycles. The van der Waals surface area contributed by atoms with E-state index in [1.54, 1.807) is 24.3 Å². The van der Waals surface area contributed by atoms with E-state index in [2.05, 4.69) is 11.9 Å². The van der Waals surface area contributed by atoms with E-state index in [1.165, 1.54) is 10.4 Å². The number of carbonyl (C=O) groups is 1. The minimum atomic E-state index is -3.44. The molecule has 1 heterocycles. The highest BCUT2D eigenvalue weighted by atomic mass is 32.2. The fourth-order valence-electron chi connectivity index (χ4n) is 3.02. The minimum Gasteiger partial charge on any atom is -0.486 e. The first-order valence-electron chi connectivity index (χ1n) is 9.18. The highest BCUT2D eigenvalue weighted by molar-refractivity contribution is 7.92. The van der Waals surface area contributed by atoms with E-state index in [0.29, 0.717) is 36.0 Å². The topological polar surface area (TPSA) is 84.9 Å². The number of sulfonamides is 1. The van der Waals surface area contributed by atoms with E-state index >= 15 is 0 Å². The predicted molar refractivity (Wildman–Crippen MR) is 112 cm³/mol. The fourth-order valence-corrected chi connectivity index (χ4v) is 3.90. The van der Waals surface area contributed by atoms with Gasteiger partial charge in [0.1, 0.15) is 13.2 Å². The van der Waals surface area contributed by atoms with Crippen LogP contribution in [0.1, 0.15) is 28.9 Å². The average molecular weight is 416 g/mol. The van der Waals surface area contributed by atoms with Gasteiger partial charge in [0.2, 0.25) is 10.0 Å². The molecule has 1 atom stereocenters. The Labute approximate surface area is 171 Å². The van der Waals surface area contributed by atoms with Crippen LogP contribution in [0.5, 0.6) is 11.5 Å². The van der Waals surface area contributed by atoms with Gasteiger partial charge in [-0.05, 0) is 48.9 Å². The standard InChI is InChI=1S/C21H24N2O5S/c1-4-11-23(29(3,25)26)18-8-5-16(6-9-18)21(24)22-15(2)17-7-10-19-20(14-17)28-13-12-27-19/h4-10,14-15H,1,11-13H2,2-3H3,(H,22,24)/t15-/m0/s1. The molecule has 1 aliphatic heterocycles. The Bertz CT molecular complexity index is 1000. The summed E-state index contributed by atoms with van der Waals surface area (Å²) in [4.78, 5) is 12.6. The zero-order valence-electron chi connectivity index (χ0n) is 16.4. The Hall–Kier alpha value is -3.00. The number of anilines is 1. The number of carbonyl (C=O) groups excluding carboxylic acids is 1. The van der Waals surface area contributed by atoms with Crippen LogP contribution in [0.4, 0.5) is 5.69 Å². The molecule has 0 spiro atoms. The fraction of sp³-hybridized carbons (Fsp3) is 0.286. The van der Waals surface area contributed by atoms with Gasteiger partial charge in [0, 0.05) is 5.56 Å². The number of amides is 1. The number of hydrogen-bond donors (Lipinski definition) is 1. The Morgan fingerprint density at radius 1 is 1.17 bits per heavy atom. The van der Waals surface area contributed by atoms with Gasteiger partial charge in [-0.15, -0.1) is 6.58 Å². The Kier molecular flexibility index (Phi) is 6.12. The van der Waals surface area contributed by atoms with E-state index < -0.39 is 10.0 Å². The van der Waals surface area contributed by atoms with Crippen molar-refractivity contribution in [1.82, 2.24) is 5.32 Å². The van der Waals surface area contributed by atoms with Crippen LogP contribution in [0.2, 0.25) is 0 Å². The lowest BCUT2D eigenvalue weighted by atomic mass is 10.1. The maximum atomic E-state index is 12.6. The molecule has 0 radical (unpaired) electrons. The number of ether oxygens (including phenoxy) is 2. The van der Waals surface area contributed by atoms with Crippen molar-refractivity contribution >= 4 is 21.6 Å². The number of fused-ring (bicyclic) bond motifs is 1. The minimum absolute atomic E-state index is 0.158. The predicted octanol–water partition coefficient (Wildman–Crippen LogP) is 2.90. The molecule has 1 amide bonds. The van der Waals surface area contributed by atoms with Crippen LogP contribution < -0.4 is 19.1 Å². The number of rotatable bonds is 7. The molecule has 2 aromatic rings. The van der Waals surface area contributed by atoms with Crippen molar-refractivity contribution in [1.29, 1.82) is 0 Å². The lowest BCUT2D eigenvalue weighted by molar-refractivity contribution is 0.0939. The molecule has 1 aliphatic rings. The first-order valence-corrected chi connectivity index (χ1v) is 11.0. The van der Waals surface area contributed by atoms with Crippen molar-refractivity contribution in [2.45, 2.75) is 13.0 Å². The summed E-state index contributed by atoms with van der Waals surface area (Å²) in [6, 6.07) is 11.8. The van der Waals surface area contributed by atoms with E-state index in [9.17, 15) is 13.2 Å². The first kappa shape index (κ1) is 20.7. The van der Waals surface area contributed by atoms with E-state index in [1.807, 2.05) is 25.1 Å².